The van der Waals surface area contributed by atoms with Gasteiger partial charge < -0.3 is 20.1 Å². The third-order valence-electron chi connectivity index (χ3n) is 3.00. The molecule has 0 amide bonds. The van der Waals surface area contributed by atoms with Gasteiger partial charge in [-0.3, -0.25) is 9.79 Å². The van der Waals surface area contributed by atoms with E-state index in [-0.39, 0.29) is 29.9 Å². The van der Waals surface area contributed by atoms with Gasteiger partial charge in [-0.15, -0.1) is 24.0 Å². The molecule has 0 spiro atoms. The van der Waals surface area contributed by atoms with Crippen LogP contribution in [0.1, 0.15) is 26.2 Å². The largest absolute Gasteiger partial charge is 0.494 e. The van der Waals surface area contributed by atoms with E-state index in [0.29, 0.717) is 26.2 Å². The average Bonchev–Trinajstić information content (AvgIpc) is 2.57. The Kier molecular flexibility index (Phi) is 14.1. The van der Waals surface area contributed by atoms with Gasteiger partial charge in [0.05, 0.1) is 13.2 Å². The Morgan fingerprint density at radius 1 is 1.12 bits per heavy atom. The van der Waals surface area contributed by atoms with Crippen LogP contribution >= 0.6 is 24.0 Å². The topological polar surface area (TPSA) is 72.0 Å². The van der Waals surface area contributed by atoms with Crippen molar-refractivity contribution in [3.63, 3.8) is 0 Å². The zero-order chi connectivity index (χ0) is 16.8. The molecule has 1 aromatic carbocycles. The maximum Gasteiger partial charge on any atom is 0.305 e. The van der Waals surface area contributed by atoms with Gasteiger partial charge in [0.2, 0.25) is 0 Å². The second-order valence-electron chi connectivity index (χ2n) is 4.85. The monoisotopic (exact) mass is 449 g/mol. The van der Waals surface area contributed by atoms with Crippen molar-refractivity contribution in [2.24, 2.45) is 4.99 Å². The van der Waals surface area contributed by atoms with E-state index in [4.69, 9.17) is 9.47 Å². The minimum Gasteiger partial charge on any atom is -0.494 e. The molecule has 0 bridgehead atoms. The molecule has 0 radical (unpaired) electrons. The number of ether oxygens (including phenoxy) is 2. The third kappa shape index (κ3) is 11.1. The van der Waals surface area contributed by atoms with Crippen molar-refractivity contribution in [3.05, 3.63) is 30.3 Å². The van der Waals surface area contributed by atoms with E-state index < -0.39 is 0 Å². The molecule has 6 nitrogen and oxygen atoms in total. The van der Waals surface area contributed by atoms with Crippen LogP contribution in [0.5, 0.6) is 5.75 Å². The van der Waals surface area contributed by atoms with E-state index in [1.165, 1.54) is 0 Å². The lowest BCUT2D eigenvalue weighted by molar-refractivity contribution is -0.143. The first kappa shape index (κ1) is 22.5. The highest BCUT2D eigenvalue weighted by Crippen LogP contribution is 2.07. The van der Waals surface area contributed by atoms with Crippen LogP contribution in [0.4, 0.5) is 0 Å². The lowest BCUT2D eigenvalue weighted by Gasteiger charge is -2.12. The lowest BCUT2D eigenvalue weighted by Crippen LogP contribution is -2.38. The molecule has 1 aromatic rings. The van der Waals surface area contributed by atoms with Gasteiger partial charge in [0.25, 0.3) is 0 Å². The van der Waals surface area contributed by atoms with Crippen molar-refractivity contribution < 1.29 is 14.3 Å². The summed E-state index contributed by atoms with van der Waals surface area (Å²) >= 11 is 0. The fourth-order valence-electron chi connectivity index (χ4n) is 1.88. The van der Waals surface area contributed by atoms with Crippen molar-refractivity contribution in [2.75, 3.05) is 33.4 Å². The van der Waals surface area contributed by atoms with Gasteiger partial charge in [-0.1, -0.05) is 18.2 Å². The molecule has 0 saturated carbocycles. The van der Waals surface area contributed by atoms with E-state index in [1.807, 2.05) is 37.3 Å². The van der Waals surface area contributed by atoms with Crippen molar-refractivity contribution in [3.8, 4) is 5.75 Å². The molecular weight excluding hydrogens is 421 g/mol. The maximum absolute atomic E-state index is 11.2. The Labute approximate surface area is 161 Å². The predicted octanol–water partition coefficient (Wildman–Crippen LogP) is 2.58. The fraction of sp³-hybridized carbons (Fsp3) is 0.529. The Hall–Kier alpha value is -1.51. The molecule has 0 aliphatic carbocycles. The van der Waals surface area contributed by atoms with Gasteiger partial charge in [-0.2, -0.15) is 0 Å². The summed E-state index contributed by atoms with van der Waals surface area (Å²) in [7, 11) is 1.72. The summed E-state index contributed by atoms with van der Waals surface area (Å²) in [5.74, 6) is 1.46. The van der Waals surface area contributed by atoms with Crippen molar-refractivity contribution in [2.45, 2.75) is 26.2 Å². The summed E-state index contributed by atoms with van der Waals surface area (Å²) in [5, 5.41) is 6.38. The van der Waals surface area contributed by atoms with E-state index in [1.54, 1.807) is 7.05 Å². The highest BCUT2D eigenvalue weighted by Gasteiger charge is 2.02. The molecule has 24 heavy (non-hydrogen) atoms. The number of nitrogens with one attached hydrogen (secondary N) is 2. The number of aliphatic imine (C=N–C) groups is 1. The van der Waals surface area contributed by atoms with Crippen molar-refractivity contribution >= 4 is 35.9 Å². The lowest BCUT2D eigenvalue weighted by atomic mass is 10.3. The Morgan fingerprint density at radius 3 is 2.42 bits per heavy atom. The summed E-state index contributed by atoms with van der Waals surface area (Å²) in [5.41, 5.74) is 0. The van der Waals surface area contributed by atoms with Gasteiger partial charge in [-0.05, 0) is 31.9 Å². The molecule has 2 N–H and O–H groups in total. The van der Waals surface area contributed by atoms with Crippen LogP contribution in [0, 0.1) is 0 Å². The zero-order valence-electron chi connectivity index (χ0n) is 14.4. The minimum atomic E-state index is -0.157. The van der Waals surface area contributed by atoms with Crippen LogP contribution < -0.4 is 15.4 Å². The van der Waals surface area contributed by atoms with Gasteiger partial charge in [-0.25, -0.2) is 0 Å². The SMILES string of the molecule is CCOC(=O)CCCNC(=NC)NCCCOc1ccccc1.I. The Bertz CT molecular complexity index is 469. The second kappa shape index (κ2) is 15.0. The summed E-state index contributed by atoms with van der Waals surface area (Å²) in [4.78, 5) is 15.3. The third-order valence-corrected chi connectivity index (χ3v) is 3.00. The average molecular weight is 449 g/mol. The van der Waals surface area contributed by atoms with E-state index in [2.05, 4.69) is 15.6 Å². The zero-order valence-corrected chi connectivity index (χ0v) is 16.7. The molecule has 0 saturated heterocycles. The Balaban J connectivity index is 0.00000529. The molecule has 0 unspecified atom stereocenters. The molecule has 1 rings (SSSR count). The number of benzene rings is 1. The van der Waals surface area contributed by atoms with Gasteiger partial charge in [0.15, 0.2) is 5.96 Å². The number of carbonyl (C=O) groups is 1. The molecule has 0 heterocycles. The minimum absolute atomic E-state index is 0. The van der Waals surface area contributed by atoms with Gasteiger partial charge in [0.1, 0.15) is 5.75 Å². The van der Waals surface area contributed by atoms with Crippen LogP contribution in [0.15, 0.2) is 35.3 Å². The molecule has 0 atom stereocenters. The van der Waals surface area contributed by atoms with Crippen LogP contribution in [0.25, 0.3) is 0 Å². The van der Waals surface area contributed by atoms with Crippen molar-refractivity contribution in [1.82, 2.24) is 10.6 Å². The predicted molar refractivity (Wildman–Crippen MR) is 107 cm³/mol. The number of para-hydroxylation sites is 1. The molecular formula is C17H28IN3O3. The fourth-order valence-corrected chi connectivity index (χ4v) is 1.88. The number of hydrogen-bond acceptors (Lipinski definition) is 4. The number of hydrogen-bond donors (Lipinski definition) is 2. The van der Waals surface area contributed by atoms with Crippen LogP contribution in [-0.4, -0.2) is 45.3 Å². The number of guanidine groups is 1. The molecule has 0 aliphatic rings. The molecule has 7 heteroatoms. The summed E-state index contributed by atoms with van der Waals surface area (Å²) in [6.07, 6.45) is 2.01. The summed E-state index contributed by atoms with van der Waals surface area (Å²) in [6.45, 7) is 4.34. The Morgan fingerprint density at radius 2 is 1.79 bits per heavy atom. The first-order chi connectivity index (χ1) is 11.3. The number of carbonyl (C=O) groups excluding carboxylic acids is 1. The van der Waals surface area contributed by atoms with E-state index in [9.17, 15) is 4.79 Å². The van der Waals surface area contributed by atoms with Crippen LogP contribution in [0.3, 0.4) is 0 Å². The summed E-state index contributed by atoms with van der Waals surface area (Å²) < 4.78 is 10.5. The highest BCUT2D eigenvalue weighted by molar-refractivity contribution is 14.0. The van der Waals surface area contributed by atoms with Crippen LogP contribution in [-0.2, 0) is 9.53 Å². The molecule has 0 aliphatic heterocycles. The first-order valence-electron chi connectivity index (χ1n) is 8.04. The molecule has 136 valence electrons. The first-order valence-corrected chi connectivity index (χ1v) is 8.04. The number of halogens is 1. The van der Waals surface area contributed by atoms with Gasteiger partial charge >= 0.3 is 5.97 Å². The van der Waals surface area contributed by atoms with E-state index >= 15 is 0 Å². The maximum atomic E-state index is 11.2. The number of rotatable bonds is 10. The van der Waals surface area contributed by atoms with Gasteiger partial charge in [0, 0.05) is 26.6 Å². The smallest absolute Gasteiger partial charge is 0.305 e. The van der Waals surface area contributed by atoms with Crippen LogP contribution in [0.2, 0.25) is 0 Å². The summed E-state index contributed by atoms with van der Waals surface area (Å²) in [6, 6.07) is 9.76. The standard InChI is InChI=1S/C17H27N3O3.HI/c1-3-22-16(21)11-7-12-19-17(18-2)20-13-8-14-23-15-9-5-4-6-10-15;/h4-6,9-10H,3,7-8,11-14H2,1-2H3,(H2,18,19,20);1H. The van der Waals surface area contributed by atoms with E-state index in [0.717, 1.165) is 31.1 Å². The quantitative estimate of drug-likeness (QED) is 0.189. The molecule has 0 fully saturated rings. The van der Waals surface area contributed by atoms with Crippen molar-refractivity contribution in [1.29, 1.82) is 0 Å². The normalized spacial score (nSPS) is 10.5. The number of esters is 1. The highest BCUT2D eigenvalue weighted by atomic mass is 127. The second-order valence-corrected chi connectivity index (χ2v) is 4.85. The molecule has 0 aromatic heterocycles. The number of nitrogens with zero attached hydrogens (tertiary/aromatic N) is 1.